The number of nitrogens with zero attached hydrogens (tertiary/aromatic N) is 1. The second-order valence-electron chi connectivity index (χ2n) is 6.44. The maximum Gasteiger partial charge on any atom is 0.312 e. The molecule has 1 aliphatic heterocycles. The SMILES string of the molecule is COc1ccc(C[NH+]2CCN(C(=O)[C@H](CCSC)NC(N)=O)CC2)cc1. The first-order valence-electron chi connectivity index (χ1n) is 8.83. The molecule has 0 radical (unpaired) electrons. The van der Waals surface area contributed by atoms with Gasteiger partial charge in [-0.15, -0.1) is 0 Å². The van der Waals surface area contributed by atoms with E-state index in [0.717, 1.165) is 31.1 Å². The minimum atomic E-state index is -0.645. The lowest BCUT2D eigenvalue weighted by atomic mass is 10.1. The molecule has 1 aliphatic rings. The Kier molecular flexibility index (Phi) is 8.06. The van der Waals surface area contributed by atoms with Gasteiger partial charge in [0.25, 0.3) is 0 Å². The van der Waals surface area contributed by atoms with Gasteiger partial charge in [-0.05, 0) is 42.7 Å². The highest BCUT2D eigenvalue weighted by Crippen LogP contribution is 2.10. The Labute approximate surface area is 159 Å². The van der Waals surface area contributed by atoms with Crippen LogP contribution >= 0.6 is 11.8 Å². The van der Waals surface area contributed by atoms with Gasteiger partial charge in [0, 0.05) is 5.56 Å². The Hall–Kier alpha value is -1.93. The number of amides is 3. The van der Waals surface area contributed by atoms with E-state index < -0.39 is 12.1 Å². The summed E-state index contributed by atoms with van der Waals surface area (Å²) in [7, 11) is 1.66. The Morgan fingerprint density at radius 2 is 1.96 bits per heavy atom. The number of primary amides is 1. The fourth-order valence-corrected chi connectivity index (χ4v) is 3.61. The van der Waals surface area contributed by atoms with Crippen LogP contribution in [-0.4, -0.2) is 68.2 Å². The molecule has 7 nitrogen and oxygen atoms in total. The summed E-state index contributed by atoms with van der Waals surface area (Å²) in [6, 6.07) is 6.94. The third-order valence-corrected chi connectivity index (χ3v) is 5.26. The maximum absolute atomic E-state index is 12.7. The van der Waals surface area contributed by atoms with Gasteiger partial charge in [-0.2, -0.15) is 11.8 Å². The van der Waals surface area contributed by atoms with Crippen LogP contribution < -0.4 is 20.7 Å². The molecule has 1 heterocycles. The number of urea groups is 1. The molecule has 0 spiro atoms. The third kappa shape index (κ3) is 6.10. The van der Waals surface area contributed by atoms with Crippen molar-refractivity contribution in [2.45, 2.75) is 19.0 Å². The van der Waals surface area contributed by atoms with E-state index in [4.69, 9.17) is 10.5 Å². The van der Waals surface area contributed by atoms with Crippen molar-refractivity contribution in [2.24, 2.45) is 5.73 Å². The van der Waals surface area contributed by atoms with Gasteiger partial charge in [0.2, 0.25) is 5.91 Å². The van der Waals surface area contributed by atoms with Crippen LogP contribution in [0.1, 0.15) is 12.0 Å². The lowest BCUT2D eigenvalue weighted by Gasteiger charge is -2.34. The standard InChI is InChI=1S/C18H28N4O3S/c1-25-15-5-3-14(4-6-15)13-21-8-10-22(11-9-21)17(23)16(7-12-26-2)20-18(19)24/h3-6,16H,7-13H2,1-2H3,(H3,19,20,24)/p+1/t16-/m0/s1. The number of hydrogen-bond acceptors (Lipinski definition) is 4. The Balaban J connectivity index is 1.85. The molecule has 3 amide bonds. The first kappa shape index (κ1) is 20.4. The van der Waals surface area contributed by atoms with Crippen molar-refractivity contribution in [1.82, 2.24) is 10.2 Å². The van der Waals surface area contributed by atoms with Crippen LogP contribution in [0.25, 0.3) is 0 Å². The van der Waals surface area contributed by atoms with Gasteiger partial charge in [0.05, 0.1) is 33.3 Å². The van der Waals surface area contributed by atoms with Crippen molar-refractivity contribution in [3.8, 4) is 5.75 Å². The molecular weight excluding hydrogens is 352 g/mol. The number of benzene rings is 1. The third-order valence-electron chi connectivity index (χ3n) is 4.62. The van der Waals surface area contributed by atoms with E-state index in [9.17, 15) is 9.59 Å². The van der Waals surface area contributed by atoms with Crippen molar-refractivity contribution in [2.75, 3.05) is 45.3 Å². The number of hydrogen-bond donors (Lipinski definition) is 3. The molecule has 1 saturated heterocycles. The van der Waals surface area contributed by atoms with Crippen molar-refractivity contribution >= 4 is 23.7 Å². The normalized spacial score (nSPS) is 16.2. The molecule has 1 fully saturated rings. The Morgan fingerprint density at radius 1 is 1.31 bits per heavy atom. The van der Waals surface area contributed by atoms with Crippen LogP contribution in [0.3, 0.4) is 0 Å². The van der Waals surface area contributed by atoms with Gasteiger partial charge in [-0.25, -0.2) is 4.79 Å². The van der Waals surface area contributed by atoms with Crippen LogP contribution in [0.5, 0.6) is 5.75 Å². The lowest BCUT2D eigenvalue weighted by Crippen LogP contribution is -3.13. The lowest BCUT2D eigenvalue weighted by molar-refractivity contribution is -0.917. The highest BCUT2D eigenvalue weighted by molar-refractivity contribution is 7.98. The van der Waals surface area contributed by atoms with E-state index in [0.29, 0.717) is 19.5 Å². The predicted molar refractivity (Wildman–Crippen MR) is 103 cm³/mol. The van der Waals surface area contributed by atoms with Gasteiger partial charge < -0.3 is 25.6 Å². The second kappa shape index (κ2) is 10.3. The fraction of sp³-hybridized carbons (Fsp3) is 0.556. The largest absolute Gasteiger partial charge is 0.497 e. The van der Waals surface area contributed by atoms with Gasteiger partial charge in [0.1, 0.15) is 18.3 Å². The van der Waals surface area contributed by atoms with Gasteiger partial charge in [-0.3, -0.25) is 4.79 Å². The summed E-state index contributed by atoms with van der Waals surface area (Å²) in [5.41, 5.74) is 6.48. The van der Waals surface area contributed by atoms with Gasteiger partial charge in [-0.1, -0.05) is 0 Å². The molecule has 144 valence electrons. The molecule has 1 aromatic rings. The zero-order valence-corrected chi connectivity index (χ0v) is 16.3. The average molecular weight is 382 g/mol. The number of ether oxygens (including phenoxy) is 1. The Bertz CT molecular complexity index is 589. The van der Waals surface area contributed by atoms with E-state index in [1.54, 1.807) is 18.9 Å². The second-order valence-corrected chi connectivity index (χ2v) is 7.43. The topological polar surface area (TPSA) is 89.1 Å². The van der Waals surface area contributed by atoms with E-state index >= 15 is 0 Å². The summed E-state index contributed by atoms with van der Waals surface area (Å²) in [4.78, 5) is 27.2. The van der Waals surface area contributed by atoms with E-state index in [-0.39, 0.29) is 5.91 Å². The number of nitrogens with two attached hydrogens (primary N) is 1. The van der Waals surface area contributed by atoms with Crippen molar-refractivity contribution < 1.29 is 19.2 Å². The maximum atomic E-state index is 12.7. The Morgan fingerprint density at radius 3 is 2.50 bits per heavy atom. The number of nitrogens with one attached hydrogen (secondary N) is 2. The highest BCUT2D eigenvalue weighted by atomic mass is 32.2. The van der Waals surface area contributed by atoms with Gasteiger partial charge in [0.15, 0.2) is 0 Å². The first-order chi connectivity index (χ1) is 12.5. The molecular formula is C18H29N4O3S+. The number of piperazine rings is 1. The highest BCUT2D eigenvalue weighted by Gasteiger charge is 2.29. The number of methoxy groups -OCH3 is 1. The quantitative estimate of drug-likeness (QED) is 0.577. The predicted octanol–water partition coefficient (Wildman–Crippen LogP) is -0.288. The molecule has 4 N–H and O–H groups in total. The summed E-state index contributed by atoms with van der Waals surface area (Å²) in [6.07, 6.45) is 2.58. The smallest absolute Gasteiger partial charge is 0.312 e. The number of quaternary nitrogens is 1. The molecule has 2 rings (SSSR count). The molecule has 0 aromatic heterocycles. The number of thioether (sulfide) groups is 1. The summed E-state index contributed by atoms with van der Waals surface area (Å²) in [5.74, 6) is 1.64. The van der Waals surface area contributed by atoms with Crippen LogP contribution in [0.4, 0.5) is 4.79 Å². The fourth-order valence-electron chi connectivity index (χ4n) is 3.14. The van der Waals surface area contributed by atoms with Crippen LogP contribution in [-0.2, 0) is 11.3 Å². The monoisotopic (exact) mass is 381 g/mol. The molecule has 1 atom stereocenters. The molecule has 0 unspecified atom stereocenters. The van der Waals surface area contributed by atoms with Crippen molar-refractivity contribution in [3.63, 3.8) is 0 Å². The van der Waals surface area contributed by atoms with Crippen LogP contribution in [0, 0.1) is 0 Å². The number of carbonyl (C=O) groups excluding carboxylic acids is 2. The van der Waals surface area contributed by atoms with Crippen molar-refractivity contribution in [3.05, 3.63) is 29.8 Å². The average Bonchev–Trinajstić information content (AvgIpc) is 2.65. The van der Waals surface area contributed by atoms with Crippen molar-refractivity contribution in [1.29, 1.82) is 0 Å². The zero-order chi connectivity index (χ0) is 18.9. The summed E-state index contributed by atoms with van der Waals surface area (Å²) < 4.78 is 5.19. The van der Waals surface area contributed by atoms with E-state index in [1.165, 1.54) is 10.5 Å². The zero-order valence-electron chi connectivity index (χ0n) is 15.5. The molecule has 26 heavy (non-hydrogen) atoms. The number of rotatable bonds is 8. The van der Waals surface area contributed by atoms with Crippen LogP contribution in [0.2, 0.25) is 0 Å². The summed E-state index contributed by atoms with van der Waals surface area (Å²) in [6.45, 7) is 4.11. The molecule has 0 saturated carbocycles. The molecule has 1 aromatic carbocycles. The van der Waals surface area contributed by atoms with E-state index in [2.05, 4.69) is 17.4 Å². The first-order valence-corrected chi connectivity index (χ1v) is 10.2. The molecule has 0 bridgehead atoms. The molecule has 8 heteroatoms. The minimum Gasteiger partial charge on any atom is -0.497 e. The van der Waals surface area contributed by atoms with Gasteiger partial charge >= 0.3 is 6.03 Å². The summed E-state index contributed by atoms with van der Waals surface area (Å²) >= 11 is 1.65. The van der Waals surface area contributed by atoms with Crippen LogP contribution in [0.15, 0.2) is 24.3 Å². The summed E-state index contributed by atoms with van der Waals surface area (Å²) in [5, 5.41) is 2.59. The molecule has 0 aliphatic carbocycles. The number of carbonyl (C=O) groups is 2. The van der Waals surface area contributed by atoms with E-state index in [1.807, 2.05) is 23.3 Å². The minimum absolute atomic E-state index is 0.0265.